The van der Waals surface area contributed by atoms with Crippen LogP contribution in [-0.4, -0.2) is 42.7 Å². The maximum absolute atomic E-state index is 5.75. The van der Waals surface area contributed by atoms with Crippen molar-refractivity contribution in [3.63, 3.8) is 0 Å². The first-order valence-electron chi connectivity index (χ1n) is 9.76. The Labute approximate surface area is 183 Å². The normalized spacial score (nSPS) is 10.5. The van der Waals surface area contributed by atoms with Crippen LogP contribution in [0, 0.1) is 0 Å². The third-order valence-electron chi connectivity index (χ3n) is 5.23. The van der Waals surface area contributed by atoms with Crippen molar-refractivity contribution in [1.29, 1.82) is 0 Å². The molecule has 0 fully saturated rings. The molecule has 0 saturated carbocycles. The Morgan fingerprint density at radius 1 is 0.452 bits per heavy atom. The summed E-state index contributed by atoms with van der Waals surface area (Å²) >= 11 is 0. The molecule has 3 aromatic carbocycles. The Morgan fingerprint density at radius 3 is 1.16 bits per heavy atom. The summed E-state index contributed by atoms with van der Waals surface area (Å²) in [7, 11) is 9.70. The van der Waals surface area contributed by atoms with E-state index >= 15 is 0 Å². The van der Waals surface area contributed by atoms with Gasteiger partial charge >= 0.3 is 0 Å². The van der Waals surface area contributed by atoms with Gasteiger partial charge in [0.1, 0.15) is 11.5 Å². The smallest absolute Gasteiger partial charge is 0.164 e. The number of hydrogen-bond acceptors (Lipinski definition) is 6. The quantitative estimate of drug-likeness (QED) is 0.455. The van der Waals surface area contributed by atoms with Crippen molar-refractivity contribution in [2.75, 3.05) is 42.7 Å². The Hall–Kier alpha value is -3.54. The van der Waals surface area contributed by atoms with Crippen molar-refractivity contribution in [2.45, 2.75) is 5.92 Å². The highest BCUT2D eigenvalue weighted by Gasteiger charge is 2.27. The van der Waals surface area contributed by atoms with E-state index in [2.05, 4.69) is 12.1 Å². The molecule has 0 N–H and O–H groups in total. The van der Waals surface area contributed by atoms with Gasteiger partial charge in [-0.2, -0.15) is 0 Å². The second-order valence-electron chi connectivity index (χ2n) is 6.74. The molecule has 0 heterocycles. The van der Waals surface area contributed by atoms with E-state index < -0.39 is 0 Å². The van der Waals surface area contributed by atoms with Crippen molar-refractivity contribution in [2.24, 2.45) is 0 Å². The molecule has 0 spiro atoms. The largest absolute Gasteiger partial charge is 0.496 e. The molecule has 31 heavy (non-hydrogen) atoms. The zero-order valence-corrected chi connectivity index (χ0v) is 18.7. The van der Waals surface area contributed by atoms with E-state index in [4.69, 9.17) is 28.4 Å². The van der Waals surface area contributed by atoms with Gasteiger partial charge in [-0.25, -0.2) is 0 Å². The van der Waals surface area contributed by atoms with Gasteiger partial charge in [0.15, 0.2) is 23.0 Å². The van der Waals surface area contributed by atoms with Gasteiger partial charge in [0.2, 0.25) is 0 Å². The van der Waals surface area contributed by atoms with Crippen LogP contribution < -0.4 is 28.4 Å². The van der Waals surface area contributed by atoms with E-state index in [1.54, 1.807) is 42.7 Å². The van der Waals surface area contributed by atoms with Gasteiger partial charge in [0.05, 0.1) is 42.7 Å². The number of methoxy groups -OCH3 is 6. The van der Waals surface area contributed by atoms with Crippen LogP contribution in [-0.2, 0) is 0 Å². The highest BCUT2D eigenvalue weighted by atomic mass is 16.5. The molecule has 0 radical (unpaired) electrons. The van der Waals surface area contributed by atoms with Gasteiger partial charge in [0, 0.05) is 29.2 Å². The Kier molecular flexibility index (Phi) is 7.13. The first kappa shape index (κ1) is 22.2. The molecular formula is C25H28O6. The van der Waals surface area contributed by atoms with E-state index in [9.17, 15) is 0 Å². The molecule has 0 bridgehead atoms. The summed E-state index contributed by atoms with van der Waals surface area (Å²) in [4.78, 5) is 0. The third-order valence-corrected chi connectivity index (χ3v) is 5.23. The van der Waals surface area contributed by atoms with Crippen LogP contribution >= 0.6 is 0 Å². The summed E-state index contributed by atoms with van der Waals surface area (Å²) in [6.45, 7) is 0. The Balaban J connectivity index is 2.35. The standard InChI is InChI=1S/C25H28O6/c1-26-19-14-23(30-5)21(28-3)12-17(19)25(16-10-8-7-9-11-16)18-13-22(29-4)24(31-6)15-20(18)27-2/h7-15,25H,1-6H3. The van der Waals surface area contributed by atoms with E-state index in [1.807, 2.05) is 42.5 Å². The van der Waals surface area contributed by atoms with Gasteiger partial charge in [-0.15, -0.1) is 0 Å². The van der Waals surface area contributed by atoms with E-state index in [0.717, 1.165) is 16.7 Å². The van der Waals surface area contributed by atoms with Crippen LogP contribution in [0.1, 0.15) is 22.6 Å². The van der Waals surface area contributed by atoms with Crippen LogP contribution in [0.15, 0.2) is 54.6 Å². The van der Waals surface area contributed by atoms with Gasteiger partial charge in [-0.1, -0.05) is 30.3 Å². The summed E-state index contributed by atoms with van der Waals surface area (Å²) in [5, 5.41) is 0. The minimum Gasteiger partial charge on any atom is -0.496 e. The first-order chi connectivity index (χ1) is 15.1. The molecule has 3 rings (SSSR count). The Bertz CT molecular complexity index is 953. The van der Waals surface area contributed by atoms with Crippen LogP contribution in [0.3, 0.4) is 0 Å². The lowest BCUT2D eigenvalue weighted by Crippen LogP contribution is -2.09. The summed E-state index contributed by atoms with van der Waals surface area (Å²) in [6, 6.07) is 17.7. The SMILES string of the molecule is COc1cc(OC)c(C(c2ccccc2)c2cc(OC)c(OC)cc2OC)cc1OC. The predicted octanol–water partition coefficient (Wildman–Crippen LogP) is 4.92. The number of rotatable bonds is 9. The zero-order chi connectivity index (χ0) is 22.4. The lowest BCUT2D eigenvalue weighted by Gasteiger charge is -2.25. The van der Waals surface area contributed by atoms with Gasteiger partial charge in [0.25, 0.3) is 0 Å². The predicted molar refractivity (Wildman–Crippen MR) is 120 cm³/mol. The van der Waals surface area contributed by atoms with Gasteiger partial charge < -0.3 is 28.4 Å². The molecule has 0 aliphatic carbocycles. The molecule has 0 amide bonds. The van der Waals surface area contributed by atoms with Crippen molar-refractivity contribution in [3.05, 3.63) is 71.3 Å². The van der Waals surface area contributed by atoms with Gasteiger partial charge in [-0.05, 0) is 17.7 Å². The highest BCUT2D eigenvalue weighted by Crippen LogP contribution is 2.47. The molecular weight excluding hydrogens is 396 g/mol. The van der Waals surface area contributed by atoms with E-state index in [-0.39, 0.29) is 5.92 Å². The third kappa shape index (κ3) is 4.33. The molecule has 0 aliphatic rings. The summed E-state index contributed by atoms with van der Waals surface area (Å²) in [5.74, 6) is 3.51. The monoisotopic (exact) mass is 424 g/mol. The first-order valence-corrected chi connectivity index (χ1v) is 9.76. The number of ether oxygens (including phenoxy) is 6. The fourth-order valence-electron chi connectivity index (χ4n) is 3.73. The molecule has 0 aliphatic heterocycles. The lowest BCUT2D eigenvalue weighted by atomic mass is 9.83. The average Bonchev–Trinajstić information content (AvgIpc) is 2.83. The fraction of sp³-hybridized carbons (Fsp3) is 0.280. The zero-order valence-electron chi connectivity index (χ0n) is 18.7. The van der Waals surface area contributed by atoms with Crippen LogP contribution in [0.2, 0.25) is 0 Å². The van der Waals surface area contributed by atoms with E-state index in [1.165, 1.54) is 0 Å². The second kappa shape index (κ2) is 9.98. The van der Waals surface area contributed by atoms with Gasteiger partial charge in [-0.3, -0.25) is 0 Å². The molecule has 6 heteroatoms. The second-order valence-corrected chi connectivity index (χ2v) is 6.74. The van der Waals surface area contributed by atoms with E-state index in [0.29, 0.717) is 34.5 Å². The van der Waals surface area contributed by atoms with Crippen LogP contribution in [0.5, 0.6) is 34.5 Å². The molecule has 164 valence electrons. The maximum atomic E-state index is 5.75. The molecule has 0 unspecified atom stereocenters. The number of benzene rings is 3. The van der Waals surface area contributed by atoms with Crippen LogP contribution in [0.4, 0.5) is 0 Å². The summed E-state index contributed by atoms with van der Waals surface area (Å²) in [5.41, 5.74) is 2.85. The number of hydrogen-bond donors (Lipinski definition) is 0. The average molecular weight is 424 g/mol. The minimum absolute atomic E-state index is 0.231. The summed E-state index contributed by atoms with van der Waals surface area (Å²) < 4.78 is 33.6. The van der Waals surface area contributed by atoms with Crippen molar-refractivity contribution in [1.82, 2.24) is 0 Å². The molecule has 6 nitrogen and oxygen atoms in total. The van der Waals surface area contributed by atoms with Crippen molar-refractivity contribution in [3.8, 4) is 34.5 Å². The minimum atomic E-state index is -0.231. The molecule has 0 aromatic heterocycles. The van der Waals surface area contributed by atoms with Crippen molar-refractivity contribution < 1.29 is 28.4 Å². The fourth-order valence-corrected chi connectivity index (χ4v) is 3.73. The topological polar surface area (TPSA) is 55.4 Å². The Morgan fingerprint density at radius 2 is 0.806 bits per heavy atom. The van der Waals surface area contributed by atoms with Crippen LogP contribution in [0.25, 0.3) is 0 Å². The summed E-state index contributed by atoms with van der Waals surface area (Å²) in [6.07, 6.45) is 0. The highest BCUT2D eigenvalue weighted by molar-refractivity contribution is 5.61. The lowest BCUT2D eigenvalue weighted by molar-refractivity contribution is 0.345. The van der Waals surface area contributed by atoms with Crippen molar-refractivity contribution >= 4 is 0 Å². The molecule has 3 aromatic rings. The molecule has 0 atom stereocenters. The molecule has 0 saturated heterocycles. The maximum Gasteiger partial charge on any atom is 0.164 e.